The molecule has 0 saturated carbocycles. The van der Waals surface area contributed by atoms with Crippen LogP contribution in [0.2, 0.25) is 0 Å². The molecule has 134 valence electrons. The van der Waals surface area contributed by atoms with Gasteiger partial charge in [0.25, 0.3) is 0 Å². The average molecular weight is 381 g/mol. The second-order valence-corrected chi connectivity index (χ2v) is 6.77. The van der Waals surface area contributed by atoms with Crippen molar-refractivity contribution in [1.29, 1.82) is 0 Å². The first-order valence-electron chi connectivity index (χ1n) is 9.21. The van der Waals surface area contributed by atoms with Crippen molar-refractivity contribution in [2.75, 3.05) is 0 Å². The molecule has 2 aromatic heterocycles. The van der Waals surface area contributed by atoms with Crippen LogP contribution in [0.5, 0.6) is 0 Å². The van der Waals surface area contributed by atoms with Gasteiger partial charge in [-0.1, -0.05) is 26.7 Å². The number of carbonyl (C=O) groups is 2. The monoisotopic (exact) mass is 380 g/mol. The van der Waals surface area contributed by atoms with E-state index in [9.17, 15) is 14.7 Å². The number of carbonyl (C=O) groups excluding carboxylic acids is 2. The molecule has 0 bridgehead atoms. The Labute approximate surface area is 197 Å². The average Bonchev–Trinajstić information content (AvgIpc) is 3.26. The number of hydrogen-bond donors (Lipinski definition) is 0. The molecule has 5 nitrogen and oxygen atoms in total. The van der Waals surface area contributed by atoms with Crippen molar-refractivity contribution in [3.05, 3.63) is 47.0 Å². The Balaban J connectivity index is 0.00000243. The molecule has 1 aliphatic heterocycles. The molecule has 3 heterocycles. The molecule has 1 unspecified atom stereocenters. The summed E-state index contributed by atoms with van der Waals surface area (Å²) in [5, 5.41) is 11.4. The summed E-state index contributed by atoms with van der Waals surface area (Å²) in [5.41, 5.74) is 3.02. The number of carboxylic acids is 1. The minimum atomic E-state index is -1.05. The molecule has 6 heteroatoms. The van der Waals surface area contributed by atoms with Crippen LogP contribution < -0.4 is 56.5 Å². The van der Waals surface area contributed by atoms with E-state index in [1.54, 1.807) is 0 Å². The molecule has 0 fully saturated rings. The predicted octanol–water partition coefficient (Wildman–Crippen LogP) is -0.486. The number of aryl methyl sites for hydroxylation is 2. The van der Waals surface area contributed by atoms with Gasteiger partial charge in [-0.3, -0.25) is 4.79 Å². The Hall–Kier alpha value is -0.664. The van der Waals surface area contributed by atoms with Crippen LogP contribution in [-0.4, -0.2) is 20.9 Å². The van der Waals surface area contributed by atoms with Crippen molar-refractivity contribution in [3.63, 3.8) is 0 Å². The number of fused-ring (bicyclic) bond motifs is 1. The number of unbranched alkanes of at least 4 members (excludes halogenated alkanes) is 1. The molecule has 2 aromatic rings. The van der Waals surface area contributed by atoms with Gasteiger partial charge in [0.1, 0.15) is 0 Å². The fraction of sp³-hybridized carbons (Fsp3) is 0.500. The van der Waals surface area contributed by atoms with Gasteiger partial charge >= 0.3 is 51.4 Å². The first-order chi connectivity index (χ1) is 12.1. The van der Waals surface area contributed by atoms with Gasteiger partial charge < -0.3 is 19.0 Å². The topological polar surface area (TPSA) is 67.1 Å². The quantitative estimate of drug-likeness (QED) is 0.459. The number of carboxylic acid groups (broad SMARTS) is 1. The molecule has 0 aromatic carbocycles. The normalized spacial score (nSPS) is 15.5. The smallest absolute Gasteiger partial charge is 0.549 e. The van der Waals surface area contributed by atoms with Gasteiger partial charge in [-0.05, 0) is 43.0 Å². The Morgan fingerprint density at radius 2 is 2.04 bits per heavy atom. The molecule has 3 rings (SSSR count). The number of hydrogen-bond acceptors (Lipinski definition) is 3. The minimum Gasteiger partial charge on any atom is -0.549 e. The Morgan fingerprint density at radius 3 is 2.69 bits per heavy atom. The standard InChI is InChI=1S/C20H26N2O3.K/c1-3-5-10-21-11-6-8-16(21)19(23)18-14(7-4-2)13-17-15(20(24)25)9-12-22(17)18;/h6,8,11,13,15H,3-5,7,9-10,12H2,1-2H3,(H,24,25);/q;+1/p-1. The molecule has 0 amide bonds. The third-order valence-corrected chi connectivity index (χ3v) is 5.04. The second-order valence-electron chi connectivity index (χ2n) is 6.77. The minimum absolute atomic E-state index is 0. The van der Waals surface area contributed by atoms with Gasteiger partial charge in [0, 0.05) is 30.9 Å². The van der Waals surface area contributed by atoms with Gasteiger partial charge in [-0.25, -0.2) is 0 Å². The maximum Gasteiger partial charge on any atom is 1.00 e. The van der Waals surface area contributed by atoms with E-state index in [0.29, 0.717) is 24.4 Å². The van der Waals surface area contributed by atoms with Crippen molar-refractivity contribution >= 4 is 11.8 Å². The summed E-state index contributed by atoms with van der Waals surface area (Å²) in [6, 6.07) is 5.67. The van der Waals surface area contributed by atoms with Gasteiger partial charge in [-0.2, -0.15) is 0 Å². The van der Waals surface area contributed by atoms with E-state index in [1.807, 2.05) is 33.5 Å². The molecule has 1 aliphatic rings. The summed E-state index contributed by atoms with van der Waals surface area (Å²) >= 11 is 0. The van der Waals surface area contributed by atoms with Crippen molar-refractivity contribution in [1.82, 2.24) is 9.13 Å². The summed E-state index contributed by atoms with van der Waals surface area (Å²) in [6.45, 7) is 5.58. The number of aromatic nitrogens is 2. The van der Waals surface area contributed by atoms with Crippen molar-refractivity contribution in [2.24, 2.45) is 0 Å². The van der Waals surface area contributed by atoms with Crippen LogP contribution in [0.3, 0.4) is 0 Å². The predicted molar refractivity (Wildman–Crippen MR) is 93.6 cm³/mol. The summed E-state index contributed by atoms with van der Waals surface area (Å²) in [4.78, 5) is 24.7. The molecule has 0 aliphatic carbocycles. The zero-order valence-electron chi connectivity index (χ0n) is 16.0. The Kier molecular flexibility index (Phi) is 7.91. The van der Waals surface area contributed by atoms with E-state index in [4.69, 9.17) is 0 Å². The largest absolute Gasteiger partial charge is 1.00 e. The zero-order chi connectivity index (χ0) is 18.0. The van der Waals surface area contributed by atoms with Crippen LogP contribution in [0.1, 0.15) is 72.9 Å². The number of aliphatic carboxylic acids is 1. The Bertz CT molecular complexity index is 791. The van der Waals surface area contributed by atoms with Gasteiger partial charge in [0.15, 0.2) is 0 Å². The molecule has 0 N–H and O–H groups in total. The maximum atomic E-state index is 13.3. The van der Waals surface area contributed by atoms with Crippen LogP contribution in [0, 0.1) is 0 Å². The first kappa shape index (κ1) is 21.6. The third-order valence-electron chi connectivity index (χ3n) is 5.04. The third kappa shape index (κ3) is 4.09. The fourth-order valence-corrected chi connectivity index (χ4v) is 3.79. The molecule has 0 radical (unpaired) electrons. The molecular weight excluding hydrogens is 355 g/mol. The van der Waals surface area contributed by atoms with Crippen LogP contribution in [0.25, 0.3) is 0 Å². The molecular formula is C20H25KN2O3. The van der Waals surface area contributed by atoms with Gasteiger partial charge in [0.2, 0.25) is 5.78 Å². The fourth-order valence-electron chi connectivity index (χ4n) is 3.79. The van der Waals surface area contributed by atoms with E-state index in [1.165, 1.54) is 0 Å². The van der Waals surface area contributed by atoms with E-state index in [0.717, 1.165) is 43.5 Å². The van der Waals surface area contributed by atoms with Crippen LogP contribution in [-0.2, 0) is 24.3 Å². The van der Waals surface area contributed by atoms with Crippen LogP contribution in [0.4, 0.5) is 0 Å². The summed E-state index contributed by atoms with van der Waals surface area (Å²) in [6.07, 6.45) is 6.23. The zero-order valence-corrected chi connectivity index (χ0v) is 19.1. The summed E-state index contributed by atoms with van der Waals surface area (Å²) in [7, 11) is 0. The van der Waals surface area contributed by atoms with Crippen LogP contribution >= 0.6 is 0 Å². The number of nitrogens with zero attached hydrogens (tertiary/aromatic N) is 2. The molecule has 26 heavy (non-hydrogen) atoms. The van der Waals surface area contributed by atoms with E-state index >= 15 is 0 Å². The van der Waals surface area contributed by atoms with Crippen LogP contribution in [0.15, 0.2) is 24.4 Å². The molecule has 0 saturated heterocycles. The van der Waals surface area contributed by atoms with Gasteiger partial charge in [-0.15, -0.1) is 0 Å². The number of rotatable bonds is 8. The van der Waals surface area contributed by atoms with Crippen molar-refractivity contribution in [2.45, 2.75) is 65.0 Å². The van der Waals surface area contributed by atoms with Gasteiger partial charge in [0.05, 0.1) is 17.4 Å². The first-order valence-corrected chi connectivity index (χ1v) is 9.21. The van der Waals surface area contributed by atoms with E-state index < -0.39 is 11.9 Å². The molecule has 0 spiro atoms. The van der Waals surface area contributed by atoms with E-state index in [2.05, 4.69) is 13.8 Å². The Morgan fingerprint density at radius 1 is 1.27 bits per heavy atom. The summed E-state index contributed by atoms with van der Waals surface area (Å²) < 4.78 is 3.91. The number of ketones is 1. The van der Waals surface area contributed by atoms with Crippen molar-refractivity contribution in [3.8, 4) is 0 Å². The maximum absolute atomic E-state index is 13.3. The SMILES string of the molecule is CCCCn1cccc1C(=O)c1c(CCC)cc2n1CCC2C(=O)[O-].[K+]. The summed E-state index contributed by atoms with van der Waals surface area (Å²) in [5.74, 6) is -1.66. The van der Waals surface area contributed by atoms with Crippen molar-refractivity contribution < 1.29 is 66.1 Å². The molecule has 1 atom stereocenters. The second kappa shape index (κ2) is 9.51. The van der Waals surface area contributed by atoms with E-state index in [-0.39, 0.29) is 57.2 Å².